The molecule has 0 aliphatic carbocycles. The summed E-state index contributed by atoms with van der Waals surface area (Å²) in [5, 5.41) is 3.03. The fourth-order valence-electron chi connectivity index (χ4n) is 1.68. The van der Waals surface area contributed by atoms with E-state index in [1.165, 1.54) is 12.1 Å². The molecule has 0 saturated carbocycles. The maximum absolute atomic E-state index is 13.1. The first kappa shape index (κ1) is 15.5. The topological polar surface area (TPSA) is 38.3 Å². The van der Waals surface area contributed by atoms with E-state index in [2.05, 4.69) is 11.2 Å². The quantitative estimate of drug-likeness (QED) is 0.666. The maximum atomic E-state index is 13.1. The van der Waals surface area contributed by atoms with Crippen molar-refractivity contribution in [2.45, 2.75) is 19.4 Å². The van der Waals surface area contributed by atoms with Gasteiger partial charge in [-0.05, 0) is 26.0 Å². The van der Waals surface area contributed by atoms with E-state index in [1.54, 1.807) is 13.8 Å². The first-order valence-corrected chi connectivity index (χ1v) is 6.14. The number of hydrogen-bond donors (Lipinski definition) is 1. The van der Waals surface area contributed by atoms with Gasteiger partial charge < -0.3 is 4.74 Å². The first-order valence-electron chi connectivity index (χ1n) is 5.77. The third-order valence-corrected chi connectivity index (χ3v) is 3.01. The summed E-state index contributed by atoms with van der Waals surface area (Å²) < 4.78 is 18.1. The number of terminal acetylenes is 1. The third-order valence-electron chi connectivity index (χ3n) is 2.70. The highest BCUT2D eigenvalue weighted by molar-refractivity contribution is 6.31. The fraction of sp³-hybridized carbons (Fsp3) is 0.357. The normalized spacial score (nSPS) is 13.4. The van der Waals surface area contributed by atoms with Crippen molar-refractivity contribution in [3.05, 3.63) is 34.6 Å². The van der Waals surface area contributed by atoms with Crippen LogP contribution in [0.15, 0.2) is 18.2 Å². The van der Waals surface area contributed by atoms with Crippen molar-refractivity contribution in [3.63, 3.8) is 0 Å². The zero-order valence-corrected chi connectivity index (χ0v) is 11.6. The van der Waals surface area contributed by atoms with E-state index in [4.69, 9.17) is 22.8 Å². The van der Waals surface area contributed by atoms with E-state index >= 15 is 0 Å². The molecule has 3 nitrogen and oxygen atoms in total. The number of rotatable bonds is 5. The molecular weight excluding hydrogens is 269 g/mol. The predicted molar refractivity (Wildman–Crippen MR) is 72.2 cm³/mol. The molecule has 1 aromatic rings. The lowest BCUT2D eigenvalue weighted by Crippen LogP contribution is -2.48. The number of ether oxygens (including phenoxy) is 1. The second-order valence-electron chi connectivity index (χ2n) is 4.03. The molecule has 0 saturated heterocycles. The average molecular weight is 284 g/mol. The molecule has 102 valence electrons. The van der Waals surface area contributed by atoms with Crippen LogP contribution < -0.4 is 5.32 Å². The lowest BCUT2D eigenvalue weighted by atomic mass is 9.91. The van der Waals surface area contributed by atoms with Crippen molar-refractivity contribution in [1.82, 2.24) is 5.32 Å². The number of esters is 1. The van der Waals surface area contributed by atoms with Crippen molar-refractivity contribution in [2.24, 2.45) is 0 Å². The van der Waals surface area contributed by atoms with Gasteiger partial charge in [-0.25, -0.2) is 9.18 Å². The number of nitrogens with one attached hydrogen (secondary N) is 1. The van der Waals surface area contributed by atoms with Gasteiger partial charge in [-0.2, -0.15) is 0 Å². The maximum Gasteiger partial charge on any atom is 0.330 e. The molecule has 0 fully saturated rings. The van der Waals surface area contributed by atoms with Gasteiger partial charge in [0.2, 0.25) is 0 Å². The van der Waals surface area contributed by atoms with Crippen LogP contribution in [0, 0.1) is 18.2 Å². The van der Waals surface area contributed by atoms with Gasteiger partial charge in [0, 0.05) is 10.6 Å². The summed E-state index contributed by atoms with van der Waals surface area (Å²) in [7, 11) is 0. The smallest absolute Gasteiger partial charge is 0.330 e. The summed E-state index contributed by atoms with van der Waals surface area (Å²) in [5.74, 6) is 1.39. The zero-order valence-electron chi connectivity index (χ0n) is 10.8. The number of carbonyl (C=O) groups excluding carboxylic acids is 1. The summed E-state index contributed by atoms with van der Waals surface area (Å²) in [6, 6.07) is 3.82. The van der Waals surface area contributed by atoms with E-state index in [9.17, 15) is 9.18 Å². The van der Waals surface area contributed by atoms with Gasteiger partial charge >= 0.3 is 5.97 Å². The second kappa shape index (κ2) is 6.55. The molecule has 0 amide bonds. The van der Waals surface area contributed by atoms with Crippen molar-refractivity contribution < 1.29 is 13.9 Å². The molecule has 0 aliphatic heterocycles. The van der Waals surface area contributed by atoms with Crippen LogP contribution in [0.5, 0.6) is 0 Å². The molecule has 0 bridgehead atoms. The summed E-state index contributed by atoms with van der Waals surface area (Å²) >= 11 is 6.00. The molecule has 1 aromatic carbocycles. The fourth-order valence-corrected chi connectivity index (χ4v) is 2.03. The van der Waals surface area contributed by atoms with Crippen molar-refractivity contribution in [2.75, 3.05) is 13.2 Å². The molecule has 19 heavy (non-hydrogen) atoms. The Morgan fingerprint density at radius 1 is 1.63 bits per heavy atom. The van der Waals surface area contributed by atoms with E-state index < -0.39 is 17.3 Å². The van der Waals surface area contributed by atoms with Crippen LogP contribution in [0.4, 0.5) is 4.39 Å². The van der Waals surface area contributed by atoms with Crippen LogP contribution in [0.1, 0.15) is 19.4 Å². The first-order chi connectivity index (χ1) is 8.95. The molecule has 5 heteroatoms. The highest BCUT2D eigenvalue weighted by atomic mass is 35.5. The van der Waals surface area contributed by atoms with Crippen LogP contribution in [-0.2, 0) is 15.1 Å². The van der Waals surface area contributed by atoms with E-state index in [1.807, 2.05) is 0 Å². The van der Waals surface area contributed by atoms with E-state index in [-0.39, 0.29) is 18.2 Å². The van der Waals surface area contributed by atoms with Crippen LogP contribution in [0.2, 0.25) is 5.02 Å². The Kier molecular flexibility index (Phi) is 5.34. The van der Waals surface area contributed by atoms with Crippen molar-refractivity contribution in [3.8, 4) is 12.3 Å². The molecule has 1 N–H and O–H groups in total. The Balaban J connectivity index is 3.22. The Morgan fingerprint density at radius 2 is 2.32 bits per heavy atom. The Bertz CT molecular complexity index is 513. The number of halogens is 2. The molecular formula is C14H15ClFNO2. The van der Waals surface area contributed by atoms with Gasteiger partial charge in [-0.1, -0.05) is 23.6 Å². The number of carbonyl (C=O) groups is 1. The van der Waals surface area contributed by atoms with Gasteiger partial charge in [-0.3, -0.25) is 5.32 Å². The van der Waals surface area contributed by atoms with Crippen LogP contribution >= 0.6 is 11.6 Å². The highest BCUT2D eigenvalue weighted by Gasteiger charge is 2.37. The molecule has 0 radical (unpaired) electrons. The van der Waals surface area contributed by atoms with Crippen LogP contribution in [0.3, 0.4) is 0 Å². The van der Waals surface area contributed by atoms with Gasteiger partial charge in [-0.15, -0.1) is 6.42 Å². The number of hydrogen-bond acceptors (Lipinski definition) is 3. The van der Waals surface area contributed by atoms with Crippen LogP contribution in [0.25, 0.3) is 0 Å². The minimum atomic E-state index is -1.22. The molecule has 0 heterocycles. The third kappa shape index (κ3) is 3.46. The van der Waals surface area contributed by atoms with Gasteiger partial charge in [0.05, 0.1) is 13.2 Å². The molecule has 0 spiro atoms. The minimum Gasteiger partial charge on any atom is -0.464 e. The summed E-state index contributed by atoms with van der Waals surface area (Å²) in [4.78, 5) is 12.1. The Morgan fingerprint density at radius 3 is 2.84 bits per heavy atom. The highest BCUT2D eigenvalue weighted by Crippen LogP contribution is 2.30. The number of benzene rings is 1. The minimum absolute atomic E-state index is 0.139. The predicted octanol–water partition coefficient (Wildman–Crippen LogP) is 2.48. The zero-order chi connectivity index (χ0) is 14.5. The molecule has 0 aromatic heterocycles. The van der Waals surface area contributed by atoms with Crippen molar-refractivity contribution in [1.29, 1.82) is 0 Å². The van der Waals surface area contributed by atoms with Gasteiger partial charge in [0.1, 0.15) is 11.4 Å². The van der Waals surface area contributed by atoms with Crippen LogP contribution in [-0.4, -0.2) is 19.1 Å². The van der Waals surface area contributed by atoms with Crippen molar-refractivity contribution >= 4 is 17.6 Å². The summed E-state index contributed by atoms with van der Waals surface area (Å²) in [6.45, 7) is 3.68. The monoisotopic (exact) mass is 283 g/mol. The second-order valence-corrected chi connectivity index (χ2v) is 4.43. The Labute approximate surface area is 117 Å². The molecule has 1 rings (SSSR count). The summed E-state index contributed by atoms with van der Waals surface area (Å²) in [6.07, 6.45) is 5.19. The van der Waals surface area contributed by atoms with E-state index in [0.717, 1.165) is 6.07 Å². The van der Waals surface area contributed by atoms with Gasteiger partial charge in [0.15, 0.2) is 0 Å². The van der Waals surface area contributed by atoms with Gasteiger partial charge in [0.25, 0.3) is 0 Å². The lowest BCUT2D eigenvalue weighted by Gasteiger charge is -2.29. The Hall–Kier alpha value is -1.57. The largest absolute Gasteiger partial charge is 0.464 e. The SMILES string of the molecule is C#CCNC(C)(C(=O)OCC)c1ccc(F)cc1Cl. The summed E-state index contributed by atoms with van der Waals surface area (Å²) in [5.41, 5.74) is -0.794. The molecule has 1 atom stereocenters. The molecule has 1 unspecified atom stereocenters. The lowest BCUT2D eigenvalue weighted by molar-refractivity contribution is -0.150. The van der Waals surface area contributed by atoms with E-state index in [0.29, 0.717) is 5.56 Å². The molecule has 0 aliphatic rings. The standard InChI is InChI=1S/C14H15ClFNO2/c1-4-8-17-14(3,13(18)19-5-2)11-7-6-10(16)9-12(11)15/h1,6-7,9,17H,5,8H2,2-3H3. The average Bonchev–Trinajstić information content (AvgIpc) is 2.36.